The van der Waals surface area contributed by atoms with Crippen LogP contribution in [0.4, 0.5) is 0 Å². The number of phenols is 2. The minimum Gasteiger partial charge on any atom is -0.508 e. The quantitative estimate of drug-likeness (QED) is 0.711. The summed E-state index contributed by atoms with van der Waals surface area (Å²) >= 11 is 0. The molecule has 0 radical (unpaired) electrons. The van der Waals surface area contributed by atoms with Gasteiger partial charge in [-0.1, -0.05) is 6.92 Å². The smallest absolute Gasteiger partial charge is 0.254 e. The normalized spacial score (nSPS) is 10.2. The number of aromatic hydroxyl groups is 2. The van der Waals surface area contributed by atoms with E-state index in [1.54, 1.807) is 4.90 Å². The van der Waals surface area contributed by atoms with E-state index in [4.69, 9.17) is 5.73 Å². The molecule has 0 aliphatic rings. The fraction of sp³-hybridized carbons (Fsp3) is 0.417. The SMILES string of the molecule is CCCN(CCN)C(=O)c1cc(O)cc(O)c1. The van der Waals surface area contributed by atoms with Gasteiger partial charge in [0.25, 0.3) is 5.91 Å². The predicted molar refractivity (Wildman–Crippen MR) is 65.0 cm³/mol. The number of carbonyl (C=O) groups excluding carboxylic acids is 1. The van der Waals surface area contributed by atoms with Crippen LogP contribution in [0.1, 0.15) is 23.7 Å². The average molecular weight is 238 g/mol. The van der Waals surface area contributed by atoms with Crippen molar-refractivity contribution in [2.75, 3.05) is 19.6 Å². The van der Waals surface area contributed by atoms with E-state index >= 15 is 0 Å². The molecular formula is C12H18N2O3. The van der Waals surface area contributed by atoms with Gasteiger partial charge in [-0.25, -0.2) is 0 Å². The zero-order chi connectivity index (χ0) is 12.8. The van der Waals surface area contributed by atoms with Crippen LogP contribution in [0.25, 0.3) is 0 Å². The standard InChI is InChI=1S/C12H18N2O3/c1-2-4-14(5-3-13)12(17)9-6-10(15)8-11(16)7-9/h6-8,15-16H,2-5,13H2,1H3. The second-order valence-corrected chi connectivity index (χ2v) is 3.82. The summed E-state index contributed by atoms with van der Waals surface area (Å²) in [5.74, 6) is -0.487. The maximum Gasteiger partial charge on any atom is 0.254 e. The Bertz CT molecular complexity index is 367. The molecule has 0 saturated carbocycles. The van der Waals surface area contributed by atoms with Crippen molar-refractivity contribution in [1.82, 2.24) is 4.90 Å². The van der Waals surface area contributed by atoms with E-state index in [-0.39, 0.29) is 23.0 Å². The molecule has 0 aliphatic heterocycles. The molecule has 0 aromatic heterocycles. The van der Waals surface area contributed by atoms with Crippen LogP contribution in [0.5, 0.6) is 11.5 Å². The highest BCUT2D eigenvalue weighted by molar-refractivity contribution is 5.95. The van der Waals surface area contributed by atoms with E-state index in [9.17, 15) is 15.0 Å². The summed E-state index contributed by atoms with van der Waals surface area (Å²) in [5.41, 5.74) is 5.71. The van der Waals surface area contributed by atoms with Gasteiger partial charge in [-0.15, -0.1) is 0 Å². The molecule has 1 amide bonds. The van der Waals surface area contributed by atoms with E-state index in [1.165, 1.54) is 18.2 Å². The summed E-state index contributed by atoms with van der Waals surface area (Å²) in [6.45, 7) is 3.42. The first-order valence-corrected chi connectivity index (χ1v) is 5.60. The van der Waals surface area contributed by atoms with Gasteiger partial charge in [-0.2, -0.15) is 0 Å². The van der Waals surface area contributed by atoms with Crippen molar-refractivity contribution in [3.63, 3.8) is 0 Å². The molecule has 1 aromatic carbocycles. The molecule has 1 aromatic rings. The molecule has 5 nitrogen and oxygen atoms in total. The Balaban J connectivity index is 2.92. The van der Waals surface area contributed by atoms with Gasteiger partial charge in [-0.3, -0.25) is 4.79 Å². The van der Waals surface area contributed by atoms with Crippen LogP contribution in [0, 0.1) is 0 Å². The van der Waals surface area contributed by atoms with Crippen molar-refractivity contribution in [3.05, 3.63) is 23.8 Å². The third-order valence-corrected chi connectivity index (χ3v) is 2.33. The van der Waals surface area contributed by atoms with E-state index in [1.807, 2.05) is 6.92 Å². The molecule has 17 heavy (non-hydrogen) atoms. The molecule has 4 N–H and O–H groups in total. The van der Waals surface area contributed by atoms with Crippen LogP contribution in [-0.2, 0) is 0 Å². The zero-order valence-electron chi connectivity index (χ0n) is 9.89. The Morgan fingerprint density at radius 2 is 1.82 bits per heavy atom. The lowest BCUT2D eigenvalue weighted by Gasteiger charge is -2.21. The molecule has 5 heteroatoms. The van der Waals surface area contributed by atoms with Gasteiger partial charge in [0, 0.05) is 31.3 Å². The van der Waals surface area contributed by atoms with Gasteiger partial charge < -0.3 is 20.8 Å². The lowest BCUT2D eigenvalue weighted by atomic mass is 10.1. The van der Waals surface area contributed by atoms with Crippen LogP contribution in [0.2, 0.25) is 0 Å². The van der Waals surface area contributed by atoms with Crippen LogP contribution >= 0.6 is 0 Å². The first-order chi connectivity index (χ1) is 8.08. The van der Waals surface area contributed by atoms with Crippen molar-refractivity contribution in [1.29, 1.82) is 0 Å². The number of benzene rings is 1. The van der Waals surface area contributed by atoms with Crippen molar-refractivity contribution >= 4 is 5.91 Å². The van der Waals surface area contributed by atoms with Crippen LogP contribution in [0.15, 0.2) is 18.2 Å². The number of carbonyl (C=O) groups is 1. The lowest BCUT2D eigenvalue weighted by Crippen LogP contribution is -2.35. The number of rotatable bonds is 5. The highest BCUT2D eigenvalue weighted by Gasteiger charge is 2.15. The van der Waals surface area contributed by atoms with Gasteiger partial charge in [0.2, 0.25) is 0 Å². The number of hydrogen-bond donors (Lipinski definition) is 3. The molecular weight excluding hydrogens is 220 g/mol. The van der Waals surface area contributed by atoms with E-state index in [2.05, 4.69) is 0 Å². The minimum atomic E-state index is -0.233. The van der Waals surface area contributed by atoms with Gasteiger partial charge in [0.1, 0.15) is 11.5 Å². The minimum absolute atomic E-state index is 0.127. The Morgan fingerprint density at radius 1 is 1.24 bits per heavy atom. The molecule has 0 saturated heterocycles. The Labute approximate surface area is 100 Å². The van der Waals surface area contributed by atoms with Crippen LogP contribution < -0.4 is 5.73 Å². The number of hydrogen-bond acceptors (Lipinski definition) is 4. The maximum atomic E-state index is 12.1. The summed E-state index contributed by atoms with van der Waals surface area (Å²) in [4.78, 5) is 13.7. The topological polar surface area (TPSA) is 86.8 Å². The molecule has 0 unspecified atom stereocenters. The summed E-state index contributed by atoms with van der Waals surface area (Å²) < 4.78 is 0. The highest BCUT2D eigenvalue weighted by atomic mass is 16.3. The van der Waals surface area contributed by atoms with Crippen molar-refractivity contribution in [3.8, 4) is 11.5 Å². The molecule has 0 fully saturated rings. The van der Waals surface area contributed by atoms with Gasteiger partial charge in [-0.05, 0) is 18.6 Å². The molecule has 0 heterocycles. The number of nitrogens with two attached hydrogens (primary N) is 1. The maximum absolute atomic E-state index is 12.1. The molecule has 0 atom stereocenters. The predicted octanol–water partition coefficient (Wildman–Crippen LogP) is 0.909. The lowest BCUT2D eigenvalue weighted by molar-refractivity contribution is 0.0759. The largest absolute Gasteiger partial charge is 0.508 e. The Kier molecular flexibility index (Phi) is 4.78. The fourth-order valence-electron chi connectivity index (χ4n) is 1.64. The Hall–Kier alpha value is -1.75. The van der Waals surface area contributed by atoms with Gasteiger partial charge in [0.15, 0.2) is 0 Å². The fourth-order valence-corrected chi connectivity index (χ4v) is 1.64. The number of nitrogens with zero attached hydrogens (tertiary/aromatic N) is 1. The zero-order valence-corrected chi connectivity index (χ0v) is 9.89. The molecule has 0 aliphatic carbocycles. The second-order valence-electron chi connectivity index (χ2n) is 3.82. The van der Waals surface area contributed by atoms with Gasteiger partial charge >= 0.3 is 0 Å². The summed E-state index contributed by atoms with van der Waals surface area (Å²) in [5, 5.41) is 18.7. The van der Waals surface area contributed by atoms with Gasteiger partial charge in [0.05, 0.1) is 0 Å². The molecule has 0 bridgehead atoms. The van der Waals surface area contributed by atoms with E-state index in [0.29, 0.717) is 19.6 Å². The average Bonchev–Trinajstić information content (AvgIpc) is 2.26. The van der Waals surface area contributed by atoms with Crippen molar-refractivity contribution in [2.45, 2.75) is 13.3 Å². The summed E-state index contributed by atoms with van der Waals surface area (Å²) in [6.07, 6.45) is 0.830. The summed E-state index contributed by atoms with van der Waals surface area (Å²) in [7, 11) is 0. The van der Waals surface area contributed by atoms with Crippen molar-refractivity contribution in [2.24, 2.45) is 5.73 Å². The highest BCUT2D eigenvalue weighted by Crippen LogP contribution is 2.21. The first kappa shape index (κ1) is 13.3. The first-order valence-electron chi connectivity index (χ1n) is 5.60. The van der Waals surface area contributed by atoms with E-state index in [0.717, 1.165) is 6.42 Å². The molecule has 1 rings (SSSR count). The van der Waals surface area contributed by atoms with Crippen molar-refractivity contribution < 1.29 is 15.0 Å². The van der Waals surface area contributed by atoms with Crippen LogP contribution in [0.3, 0.4) is 0 Å². The number of phenolic OH excluding ortho intramolecular Hbond substituents is 2. The molecule has 0 spiro atoms. The monoisotopic (exact) mass is 238 g/mol. The van der Waals surface area contributed by atoms with E-state index < -0.39 is 0 Å². The third kappa shape index (κ3) is 3.64. The second kappa shape index (κ2) is 6.10. The number of amides is 1. The summed E-state index contributed by atoms with van der Waals surface area (Å²) in [6, 6.07) is 3.85. The van der Waals surface area contributed by atoms with Crippen LogP contribution in [-0.4, -0.2) is 40.7 Å². The third-order valence-electron chi connectivity index (χ3n) is 2.33. The molecule has 94 valence electrons. The Morgan fingerprint density at radius 3 is 2.29 bits per heavy atom.